The highest BCUT2D eigenvalue weighted by Crippen LogP contribution is 2.35. The van der Waals surface area contributed by atoms with E-state index in [1.807, 2.05) is 48.5 Å². The maximum atomic E-state index is 6.85. The standard InChI is InChI=1S/C26H30N2OSi/c1-6-22-10-16-26(17-11-22)30(20(2)3,21(4)5)29-25-14-12-23(13-15-25)28-19-24-9-7-8-18-27-24/h6-21H,1H2,2-5H3. The molecule has 154 valence electrons. The summed E-state index contributed by atoms with van der Waals surface area (Å²) in [5.41, 5.74) is 3.70. The largest absolute Gasteiger partial charge is 0.538 e. The van der Waals surface area contributed by atoms with Gasteiger partial charge in [0.2, 0.25) is 0 Å². The molecule has 3 rings (SSSR count). The average molecular weight is 415 g/mol. The van der Waals surface area contributed by atoms with Crippen LogP contribution in [0.3, 0.4) is 0 Å². The fourth-order valence-electron chi connectivity index (χ4n) is 3.90. The zero-order valence-electron chi connectivity index (χ0n) is 18.2. The van der Waals surface area contributed by atoms with Crippen molar-refractivity contribution in [3.05, 3.63) is 90.8 Å². The van der Waals surface area contributed by atoms with E-state index in [-0.39, 0.29) is 0 Å². The highest BCUT2D eigenvalue weighted by molar-refractivity contribution is 6.89. The van der Waals surface area contributed by atoms with Gasteiger partial charge in [-0.2, -0.15) is 0 Å². The van der Waals surface area contributed by atoms with Crippen molar-refractivity contribution in [2.45, 2.75) is 38.8 Å². The van der Waals surface area contributed by atoms with Crippen LogP contribution in [0.2, 0.25) is 11.1 Å². The smallest absolute Gasteiger partial charge is 0.287 e. The van der Waals surface area contributed by atoms with Crippen LogP contribution < -0.4 is 9.61 Å². The molecule has 0 aliphatic heterocycles. The molecule has 3 nitrogen and oxygen atoms in total. The number of nitrogens with zero attached hydrogens (tertiary/aromatic N) is 2. The number of aliphatic imine (C=N–C) groups is 1. The summed E-state index contributed by atoms with van der Waals surface area (Å²) < 4.78 is 6.85. The number of hydrogen-bond donors (Lipinski definition) is 0. The van der Waals surface area contributed by atoms with Crippen molar-refractivity contribution in [2.24, 2.45) is 4.99 Å². The summed E-state index contributed by atoms with van der Waals surface area (Å²) in [6.45, 7) is 13.0. The van der Waals surface area contributed by atoms with Crippen LogP contribution in [0.4, 0.5) is 5.69 Å². The molecule has 4 heteroatoms. The Bertz CT molecular complexity index is 970. The van der Waals surface area contributed by atoms with Gasteiger partial charge in [0.25, 0.3) is 8.32 Å². The first kappa shape index (κ1) is 21.7. The molecular formula is C26H30N2OSi. The topological polar surface area (TPSA) is 34.5 Å². The lowest BCUT2D eigenvalue weighted by molar-refractivity contribution is 0.515. The number of pyridine rings is 1. The van der Waals surface area contributed by atoms with Gasteiger partial charge in [0.15, 0.2) is 0 Å². The van der Waals surface area contributed by atoms with Crippen molar-refractivity contribution in [3.8, 4) is 5.75 Å². The third-order valence-electron chi connectivity index (χ3n) is 5.47. The minimum Gasteiger partial charge on any atom is -0.538 e. The minimum absolute atomic E-state index is 0.425. The van der Waals surface area contributed by atoms with Crippen molar-refractivity contribution < 1.29 is 4.43 Å². The van der Waals surface area contributed by atoms with Gasteiger partial charge in [0, 0.05) is 6.20 Å². The first-order valence-electron chi connectivity index (χ1n) is 10.4. The van der Waals surface area contributed by atoms with Gasteiger partial charge < -0.3 is 4.43 Å². The number of benzene rings is 2. The van der Waals surface area contributed by atoms with Crippen LogP contribution in [-0.4, -0.2) is 19.5 Å². The van der Waals surface area contributed by atoms with Gasteiger partial charge in [-0.3, -0.25) is 9.98 Å². The summed E-state index contributed by atoms with van der Waals surface area (Å²) >= 11 is 0. The monoisotopic (exact) mass is 414 g/mol. The van der Waals surface area contributed by atoms with E-state index in [1.165, 1.54) is 5.19 Å². The summed E-state index contributed by atoms with van der Waals surface area (Å²) in [6, 6.07) is 22.5. The Labute approximate surface area is 181 Å². The van der Waals surface area contributed by atoms with Gasteiger partial charge in [-0.1, -0.05) is 70.7 Å². The second-order valence-corrected chi connectivity index (χ2v) is 12.7. The molecule has 0 spiro atoms. The fraction of sp³-hybridized carbons (Fsp3) is 0.231. The van der Waals surface area contributed by atoms with Crippen molar-refractivity contribution in [3.63, 3.8) is 0 Å². The fourth-order valence-corrected chi connectivity index (χ4v) is 8.37. The van der Waals surface area contributed by atoms with Crippen LogP contribution in [-0.2, 0) is 0 Å². The van der Waals surface area contributed by atoms with Crippen LogP contribution in [0.1, 0.15) is 39.0 Å². The zero-order chi connectivity index (χ0) is 21.6. The maximum Gasteiger partial charge on any atom is 0.287 e. The van der Waals surface area contributed by atoms with Gasteiger partial charge >= 0.3 is 0 Å². The van der Waals surface area contributed by atoms with Gasteiger partial charge in [-0.25, -0.2) is 0 Å². The molecule has 2 aromatic carbocycles. The molecule has 0 radical (unpaired) electrons. The van der Waals surface area contributed by atoms with Crippen molar-refractivity contribution in [2.75, 3.05) is 0 Å². The first-order valence-corrected chi connectivity index (χ1v) is 12.5. The average Bonchev–Trinajstić information content (AvgIpc) is 2.77. The molecule has 30 heavy (non-hydrogen) atoms. The Hall–Kier alpha value is -2.98. The van der Waals surface area contributed by atoms with E-state index in [4.69, 9.17) is 4.43 Å². The van der Waals surface area contributed by atoms with E-state index >= 15 is 0 Å². The molecule has 0 saturated carbocycles. The molecule has 0 unspecified atom stereocenters. The first-order chi connectivity index (χ1) is 14.5. The molecule has 0 amide bonds. The third-order valence-corrected chi connectivity index (χ3v) is 10.7. The number of hydrogen-bond acceptors (Lipinski definition) is 3. The van der Waals surface area contributed by atoms with Crippen molar-refractivity contribution in [1.82, 2.24) is 4.98 Å². The molecule has 0 bridgehead atoms. The molecule has 0 aliphatic carbocycles. The number of rotatable bonds is 8. The van der Waals surface area contributed by atoms with Crippen LogP contribution >= 0.6 is 0 Å². The molecule has 1 aromatic heterocycles. The lowest BCUT2D eigenvalue weighted by Crippen LogP contribution is -2.58. The Morgan fingerprint density at radius 2 is 1.57 bits per heavy atom. The highest BCUT2D eigenvalue weighted by Gasteiger charge is 2.46. The number of aromatic nitrogens is 1. The van der Waals surface area contributed by atoms with Gasteiger partial charge in [-0.05, 0) is 58.2 Å². The molecule has 0 saturated heterocycles. The Morgan fingerprint density at radius 1 is 0.900 bits per heavy atom. The molecule has 0 fully saturated rings. The molecule has 0 N–H and O–H groups in total. The second-order valence-electron chi connectivity index (χ2n) is 8.04. The predicted molar refractivity (Wildman–Crippen MR) is 131 cm³/mol. The lowest BCUT2D eigenvalue weighted by Gasteiger charge is -2.39. The Morgan fingerprint density at radius 3 is 2.10 bits per heavy atom. The van der Waals surface area contributed by atoms with E-state index in [9.17, 15) is 0 Å². The highest BCUT2D eigenvalue weighted by atomic mass is 28.4. The Balaban J connectivity index is 1.87. The molecule has 1 heterocycles. The normalized spacial score (nSPS) is 11.9. The summed E-state index contributed by atoms with van der Waals surface area (Å²) in [7, 11) is -2.27. The SMILES string of the molecule is C=Cc1ccc([Si](Oc2ccc(N=Cc3ccccn3)cc2)(C(C)C)C(C)C)cc1. The van der Waals surface area contributed by atoms with Crippen LogP contribution in [0, 0.1) is 0 Å². The van der Waals surface area contributed by atoms with Gasteiger partial charge in [-0.15, -0.1) is 0 Å². The predicted octanol–water partition coefficient (Wildman–Crippen LogP) is 6.53. The van der Waals surface area contributed by atoms with Gasteiger partial charge in [0.1, 0.15) is 5.75 Å². The Kier molecular flexibility index (Phi) is 7.01. The van der Waals surface area contributed by atoms with Crippen molar-refractivity contribution >= 4 is 31.5 Å². The molecular weight excluding hydrogens is 384 g/mol. The summed E-state index contributed by atoms with van der Waals surface area (Å²) in [6.07, 6.45) is 5.42. The molecule has 0 aliphatic rings. The lowest BCUT2D eigenvalue weighted by atomic mass is 10.2. The van der Waals surface area contributed by atoms with Crippen LogP contribution in [0.15, 0.2) is 84.5 Å². The van der Waals surface area contributed by atoms with E-state index < -0.39 is 8.32 Å². The van der Waals surface area contributed by atoms with E-state index in [1.54, 1.807) is 12.4 Å². The summed E-state index contributed by atoms with van der Waals surface area (Å²) in [4.78, 5) is 8.79. The second kappa shape index (κ2) is 9.68. The van der Waals surface area contributed by atoms with Gasteiger partial charge in [0.05, 0.1) is 17.6 Å². The van der Waals surface area contributed by atoms with Crippen LogP contribution in [0.5, 0.6) is 5.75 Å². The quantitative estimate of drug-likeness (QED) is 0.310. The van der Waals surface area contributed by atoms with E-state index in [2.05, 4.69) is 68.5 Å². The summed E-state index contributed by atoms with van der Waals surface area (Å²) in [5, 5.41) is 1.32. The summed E-state index contributed by atoms with van der Waals surface area (Å²) in [5.74, 6) is 0.897. The van der Waals surface area contributed by atoms with E-state index in [0.29, 0.717) is 11.1 Å². The van der Waals surface area contributed by atoms with Crippen LogP contribution in [0.25, 0.3) is 6.08 Å². The molecule has 0 atom stereocenters. The zero-order valence-corrected chi connectivity index (χ0v) is 19.2. The van der Waals surface area contributed by atoms with E-state index in [0.717, 1.165) is 22.7 Å². The third kappa shape index (κ3) is 4.77. The molecule has 3 aromatic rings. The maximum absolute atomic E-state index is 6.85. The van der Waals surface area contributed by atoms with Crippen molar-refractivity contribution in [1.29, 1.82) is 0 Å². The minimum atomic E-state index is -2.27.